The predicted molar refractivity (Wildman–Crippen MR) is 44.0 cm³/mol. The first kappa shape index (κ1) is 9.95. The van der Waals surface area contributed by atoms with Crippen LogP contribution in [0, 0.1) is 5.82 Å². The quantitative estimate of drug-likeness (QED) is 0.769. The molecule has 13 heavy (non-hydrogen) atoms. The first-order chi connectivity index (χ1) is 6.02. The van der Waals surface area contributed by atoms with Gasteiger partial charge in [-0.2, -0.15) is 0 Å². The summed E-state index contributed by atoms with van der Waals surface area (Å²) >= 11 is 5.51. The zero-order valence-corrected chi connectivity index (χ0v) is 7.12. The van der Waals surface area contributed by atoms with Gasteiger partial charge in [-0.05, 0) is 12.1 Å². The molecule has 0 spiro atoms. The Labute approximate surface area is 78.4 Å². The number of carboxylic acids is 1. The second-order valence-corrected chi connectivity index (χ2v) is 2.81. The molecule has 70 valence electrons. The highest BCUT2D eigenvalue weighted by Gasteiger charge is 2.18. The Balaban J connectivity index is 3.08. The number of rotatable bonds is 2. The summed E-state index contributed by atoms with van der Waals surface area (Å²) in [5, 5.41) is 17.4. The summed E-state index contributed by atoms with van der Waals surface area (Å²) in [6.45, 7) is 0. The van der Waals surface area contributed by atoms with Crippen LogP contribution in [0.5, 0.6) is 0 Å². The molecule has 1 rings (SSSR count). The molecule has 0 aliphatic rings. The van der Waals surface area contributed by atoms with Gasteiger partial charge in [0.2, 0.25) is 0 Å². The van der Waals surface area contributed by atoms with Crippen molar-refractivity contribution in [2.45, 2.75) is 6.10 Å². The normalized spacial score (nSPS) is 12.5. The molecular formula is C8H6ClFO3. The molecule has 1 aromatic rings. The minimum absolute atomic E-state index is 0.0180. The summed E-state index contributed by atoms with van der Waals surface area (Å²) in [5.74, 6) is -2.00. The zero-order valence-electron chi connectivity index (χ0n) is 6.37. The van der Waals surface area contributed by atoms with Gasteiger partial charge in [0.1, 0.15) is 5.82 Å². The number of hydrogen-bond acceptors (Lipinski definition) is 2. The maximum absolute atomic E-state index is 12.5. The van der Waals surface area contributed by atoms with Crippen LogP contribution in [0.2, 0.25) is 5.02 Å². The largest absolute Gasteiger partial charge is 0.479 e. The van der Waals surface area contributed by atoms with Gasteiger partial charge in [0.15, 0.2) is 6.10 Å². The molecule has 2 N–H and O–H groups in total. The van der Waals surface area contributed by atoms with Crippen LogP contribution in [0.3, 0.4) is 0 Å². The van der Waals surface area contributed by atoms with E-state index in [0.29, 0.717) is 0 Å². The van der Waals surface area contributed by atoms with Crippen molar-refractivity contribution in [2.24, 2.45) is 0 Å². The van der Waals surface area contributed by atoms with Crippen molar-refractivity contribution in [3.05, 3.63) is 34.6 Å². The summed E-state index contributed by atoms with van der Waals surface area (Å²) in [7, 11) is 0. The van der Waals surface area contributed by atoms with Gasteiger partial charge in [0, 0.05) is 10.6 Å². The van der Waals surface area contributed by atoms with E-state index < -0.39 is 17.9 Å². The summed E-state index contributed by atoms with van der Waals surface area (Å²) in [6.07, 6.45) is -1.71. The molecule has 0 unspecified atom stereocenters. The molecule has 1 atom stereocenters. The molecule has 0 saturated heterocycles. The zero-order chi connectivity index (χ0) is 10.0. The second kappa shape index (κ2) is 3.72. The van der Waals surface area contributed by atoms with Gasteiger partial charge < -0.3 is 10.2 Å². The number of benzene rings is 1. The Morgan fingerprint density at radius 3 is 2.62 bits per heavy atom. The molecule has 3 nitrogen and oxygen atoms in total. The molecule has 0 bridgehead atoms. The topological polar surface area (TPSA) is 57.5 Å². The highest BCUT2D eigenvalue weighted by molar-refractivity contribution is 6.31. The average molecular weight is 205 g/mol. The molecule has 1 aromatic carbocycles. The lowest BCUT2D eigenvalue weighted by Gasteiger charge is -2.07. The Hall–Kier alpha value is -1.13. The predicted octanol–water partition coefficient (Wildman–Crippen LogP) is 1.60. The molecule has 0 heterocycles. The van der Waals surface area contributed by atoms with Crippen LogP contribution in [0.1, 0.15) is 11.7 Å². The van der Waals surface area contributed by atoms with Crippen LogP contribution >= 0.6 is 11.6 Å². The Morgan fingerprint density at radius 1 is 1.54 bits per heavy atom. The van der Waals surface area contributed by atoms with E-state index in [0.717, 1.165) is 18.2 Å². The van der Waals surface area contributed by atoms with E-state index in [-0.39, 0.29) is 10.6 Å². The number of aliphatic hydroxyl groups is 1. The fourth-order valence-electron chi connectivity index (χ4n) is 0.856. The van der Waals surface area contributed by atoms with E-state index >= 15 is 0 Å². The van der Waals surface area contributed by atoms with Gasteiger partial charge in [-0.15, -0.1) is 0 Å². The lowest BCUT2D eigenvalue weighted by atomic mass is 10.1. The first-order valence-corrected chi connectivity index (χ1v) is 3.76. The van der Waals surface area contributed by atoms with Crippen LogP contribution in [-0.4, -0.2) is 16.2 Å². The molecule has 0 amide bonds. The Kier molecular flexibility index (Phi) is 2.85. The summed E-state index contributed by atoms with van der Waals surface area (Å²) in [6, 6.07) is 3.12. The molecule has 0 saturated carbocycles. The van der Waals surface area contributed by atoms with E-state index in [9.17, 15) is 9.18 Å². The highest BCUT2D eigenvalue weighted by atomic mass is 35.5. The number of aliphatic hydroxyl groups excluding tert-OH is 1. The van der Waals surface area contributed by atoms with Gasteiger partial charge in [-0.25, -0.2) is 9.18 Å². The number of carboxylic acid groups (broad SMARTS) is 1. The molecule has 5 heteroatoms. The summed E-state index contributed by atoms with van der Waals surface area (Å²) in [4.78, 5) is 10.3. The third-order valence-corrected chi connectivity index (χ3v) is 1.82. The Bertz CT molecular complexity index is 340. The van der Waals surface area contributed by atoms with E-state index in [1.54, 1.807) is 0 Å². The molecule has 0 aromatic heterocycles. The molecule has 0 radical (unpaired) electrons. The number of carbonyl (C=O) groups is 1. The van der Waals surface area contributed by atoms with Crippen LogP contribution < -0.4 is 0 Å². The van der Waals surface area contributed by atoms with Crippen molar-refractivity contribution in [3.8, 4) is 0 Å². The van der Waals surface area contributed by atoms with E-state index in [4.69, 9.17) is 21.8 Å². The fourth-order valence-corrected chi connectivity index (χ4v) is 1.13. The van der Waals surface area contributed by atoms with Crippen molar-refractivity contribution < 1.29 is 19.4 Å². The van der Waals surface area contributed by atoms with Crippen LogP contribution in [0.4, 0.5) is 4.39 Å². The number of halogens is 2. The summed E-state index contributed by atoms with van der Waals surface area (Å²) < 4.78 is 12.5. The third-order valence-electron chi connectivity index (χ3n) is 1.49. The maximum atomic E-state index is 12.5. The number of hydrogen-bond donors (Lipinski definition) is 2. The van der Waals surface area contributed by atoms with Crippen LogP contribution in [0.15, 0.2) is 18.2 Å². The SMILES string of the molecule is O=C(O)[C@H](O)c1ccc(F)cc1Cl. The maximum Gasteiger partial charge on any atom is 0.337 e. The molecular weight excluding hydrogens is 199 g/mol. The van der Waals surface area contributed by atoms with E-state index in [2.05, 4.69) is 0 Å². The third kappa shape index (κ3) is 2.17. The lowest BCUT2D eigenvalue weighted by Crippen LogP contribution is -2.10. The van der Waals surface area contributed by atoms with Gasteiger partial charge in [0.05, 0.1) is 0 Å². The van der Waals surface area contributed by atoms with E-state index in [1.165, 1.54) is 0 Å². The van der Waals surface area contributed by atoms with Crippen molar-refractivity contribution in [1.29, 1.82) is 0 Å². The van der Waals surface area contributed by atoms with Crippen molar-refractivity contribution in [3.63, 3.8) is 0 Å². The summed E-state index contributed by atoms with van der Waals surface area (Å²) in [5.41, 5.74) is -0.0180. The molecule has 0 aliphatic heterocycles. The minimum Gasteiger partial charge on any atom is -0.479 e. The monoisotopic (exact) mass is 204 g/mol. The smallest absolute Gasteiger partial charge is 0.337 e. The van der Waals surface area contributed by atoms with Crippen molar-refractivity contribution in [1.82, 2.24) is 0 Å². The van der Waals surface area contributed by atoms with Gasteiger partial charge in [-0.3, -0.25) is 0 Å². The second-order valence-electron chi connectivity index (χ2n) is 2.41. The van der Waals surface area contributed by atoms with Crippen molar-refractivity contribution >= 4 is 17.6 Å². The fraction of sp³-hybridized carbons (Fsp3) is 0.125. The van der Waals surface area contributed by atoms with Crippen LogP contribution in [-0.2, 0) is 4.79 Å². The van der Waals surface area contributed by atoms with E-state index in [1.807, 2.05) is 0 Å². The first-order valence-electron chi connectivity index (χ1n) is 3.38. The minimum atomic E-state index is -1.71. The van der Waals surface area contributed by atoms with Gasteiger partial charge in [0.25, 0.3) is 0 Å². The lowest BCUT2D eigenvalue weighted by molar-refractivity contribution is -0.146. The molecule has 0 aliphatic carbocycles. The average Bonchev–Trinajstić information content (AvgIpc) is 2.03. The Morgan fingerprint density at radius 2 is 2.15 bits per heavy atom. The standard InChI is InChI=1S/C8H6ClFO3/c9-6-3-4(10)1-2-5(6)7(11)8(12)13/h1-3,7,11H,(H,12,13)/t7-/m1/s1. The highest BCUT2D eigenvalue weighted by Crippen LogP contribution is 2.23. The van der Waals surface area contributed by atoms with Crippen molar-refractivity contribution in [2.75, 3.05) is 0 Å². The van der Waals surface area contributed by atoms with Gasteiger partial charge >= 0.3 is 5.97 Å². The van der Waals surface area contributed by atoms with Gasteiger partial charge in [-0.1, -0.05) is 17.7 Å². The molecule has 0 fully saturated rings. The van der Waals surface area contributed by atoms with Crippen LogP contribution in [0.25, 0.3) is 0 Å². The number of aliphatic carboxylic acids is 1.